The summed E-state index contributed by atoms with van der Waals surface area (Å²) in [4.78, 5) is 16.3. The van der Waals surface area contributed by atoms with Gasteiger partial charge in [-0.25, -0.2) is 0 Å². The standard InChI is InChI=1S/C30H26N2O2/c1-29(2)23-14-8-9-15-24(23)32-27(28(33)31-20-11-4-3-5-12-20)22-18-30(29,32)34-25-17-16-19-10-6-7-13-21(19)26(22)25/h3-17,22,27H,18H2,1-2H3,(H,31,33)/t22-,27-,30+/m0/s1. The maximum Gasteiger partial charge on any atom is 0.247 e. The van der Waals surface area contributed by atoms with Gasteiger partial charge in [0.05, 0.1) is 5.41 Å². The van der Waals surface area contributed by atoms with Crippen LogP contribution in [-0.4, -0.2) is 17.7 Å². The number of fused-ring (bicyclic) bond motifs is 7. The zero-order chi connectivity index (χ0) is 23.1. The number of carbonyl (C=O) groups excluding carboxylic acids is 1. The van der Waals surface area contributed by atoms with Crippen LogP contribution in [0, 0.1) is 0 Å². The second-order valence-corrected chi connectivity index (χ2v) is 10.2. The Kier molecular flexibility index (Phi) is 3.83. The smallest absolute Gasteiger partial charge is 0.247 e. The van der Waals surface area contributed by atoms with Crippen molar-refractivity contribution in [2.24, 2.45) is 0 Å². The lowest BCUT2D eigenvalue weighted by Gasteiger charge is -2.45. The van der Waals surface area contributed by atoms with Crippen LogP contribution < -0.4 is 15.0 Å². The molecule has 1 N–H and O–H groups in total. The SMILES string of the molecule is CC1(C)c2ccccc2N2[C@H](C(=O)Nc3ccccc3)[C@H]3C[C@]21Oc1ccc2ccccc2c13. The molecule has 2 bridgehead atoms. The van der Waals surface area contributed by atoms with Crippen LogP contribution in [0.4, 0.5) is 11.4 Å². The maximum absolute atomic E-state index is 14.1. The first-order valence-corrected chi connectivity index (χ1v) is 12.0. The number of hydrogen-bond donors (Lipinski definition) is 1. The van der Waals surface area contributed by atoms with Crippen LogP contribution in [0.2, 0.25) is 0 Å². The van der Waals surface area contributed by atoms with Gasteiger partial charge in [-0.3, -0.25) is 4.79 Å². The first-order valence-electron chi connectivity index (χ1n) is 12.0. The molecular weight excluding hydrogens is 420 g/mol. The van der Waals surface area contributed by atoms with E-state index in [0.29, 0.717) is 0 Å². The van der Waals surface area contributed by atoms with Crippen molar-refractivity contribution in [3.63, 3.8) is 0 Å². The van der Waals surface area contributed by atoms with E-state index in [1.165, 1.54) is 16.3 Å². The Balaban J connectivity index is 1.46. The van der Waals surface area contributed by atoms with Gasteiger partial charge in [0.15, 0.2) is 5.72 Å². The van der Waals surface area contributed by atoms with E-state index in [-0.39, 0.29) is 23.3 Å². The molecule has 1 saturated heterocycles. The molecule has 0 aromatic heterocycles. The quantitative estimate of drug-likeness (QED) is 0.397. The van der Waals surface area contributed by atoms with Crippen LogP contribution in [0.15, 0.2) is 91.0 Å². The highest BCUT2D eigenvalue weighted by atomic mass is 16.5. The molecule has 3 atom stereocenters. The molecule has 168 valence electrons. The summed E-state index contributed by atoms with van der Waals surface area (Å²) in [6, 6.07) is 30.5. The highest BCUT2D eigenvalue weighted by molar-refractivity contribution is 6.01. The number of benzene rings is 4. The highest BCUT2D eigenvalue weighted by Crippen LogP contribution is 2.65. The second-order valence-electron chi connectivity index (χ2n) is 10.2. The van der Waals surface area contributed by atoms with Gasteiger partial charge < -0.3 is 15.0 Å². The van der Waals surface area contributed by atoms with Crippen molar-refractivity contribution in [3.05, 3.63) is 102 Å². The van der Waals surface area contributed by atoms with Crippen LogP contribution >= 0.6 is 0 Å². The van der Waals surface area contributed by atoms with Gasteiger partial charge in [-0.05, 0) is 54.4 Å². The predicted octanol–water partition coefficient (Wildman–Crippen LogP) is 6.22. The minimum Gasteiger partial charge on any atom is -0.467 e. The Morgan fingerprint density at radius 2 is 1.65 bits per heavy atom. The third-order valence-electron chi connectivity index (χ3n) is 8.25. The monoisotopic (exact) mass is 446 g/mol. The first kappa shape index (κ1) is 19.7. The second kappa shape index (κ2) is 6.63. The molecule has 0 saturated carbocycles. The molecule has 7 rings (SSSR count). The molecule has 0 radical (unpaired) electrons. The normalized spacial score (nSPS) is 25.3. The Bertz CT molecular complexity index is 1460. The Morgan fingerprint density at radius 1 is 0.912 bits per heavy atom. The van der Waals surface area contributed by atoms with Crippen molar-refractivity contribution in [1.82, 2.24) is 0 Å². The van der Waals surface area contributed by atoms with Gasteiger partial charge in [0.2, 0.25) is 5.91 Å². The molecule has 0 aliphatic carbocycles. The van der Waals surface area contributed by atoms with Crippen molar-refractivity contribution in [3.8, 4) is 5.75 Å². The number of para-hydroxylation sites is 2. The summed E-state index contributed by atoms with van der Waals surface area (Å²) in [7, 11) is 0. The summed E-state index contributed by atoms with van der Waals surface area (Å²) in [5.74, 6) is 0.928. The summed E-state index contributed by atoms with van der Waals surface area (Å²) in [5, 5.41) is 5.55. The van der Waals surface area contributed by atoms with Crippen LogP contribution in [0.25, 0.3) is 10.8 Å². The molecular formula is C30H26N2O2. The van der Waals surface area contributed by atoms with Crippen LogP contribution in [0.1, 0.15) is 37.3 Å². The van der Waals surface area contributed by atoms with Crippen LogP contribution in [0.5, 0.6) is 5.75 Å². The van der Waals surface area contributed by atoms with Crippen molar-refractivity contribution < 1.29 is 9.53 Å². The molecule has 4 aromatic rings. The minimum atomic E-state index is -0.616. The fourth-order valence-corrected chi connectivity index (χ4v) is 6.68. The molecule has 3 heterocycles. The molecule has 3 aliphatic heterocycles. The van der Waals surface area contributed by atoms with Gasteiger partial charge in [-0.2, -0.15) is 0 Å². The molecule has 4 nitrogen and oxygen atoms in total. The Hall–Kier alpha value is -3.79. The van der Waals surface area contributed by atoms with E-state index in [9.17, 15) is 4.79 Å². The third-order valence-corrected chi connectivity index (χ3v) is 8.25. The molecule has 1 fully saturated rings. The summed E-state index contributed by atoms with van der Waals surface area (Å²) < 4.78 is 7.02. The predicted molar refractivity (Wildman–Crippen MR) is 135 cm³/mol. The Morgan fingerprint density at radius 3 is 2.50 bits per heavy atom. The number of amides is 1. The van der Waals surface area contributed by atoms with Crippen molar-refractivity contribution in [2.75, 3.05) is 10.2 Å². The van der Waals surface area contributed by atoms with E-state index in [0.717, 1.165) is 29.1 Å². The highest BCUT2D eigenvalue weighted by Gasteiger charge is 2.70. The third kappa shape index (κ3) is 2.35. The van der Waals surface area contributed by atoms with Crippen molar-refractivity contribution >= 4 is 28.1 Å². The van der Waals surface area contributed by atoms with E-state index in [1.807, 2.05) is 30.3 Å². The zero-order valence-electron chi connectivity index (χ0n) is 19.3. The van der Waals surface area contributed by atoms with Gasteiger partial charge >= 0.3 is 0 Å². The zero-order valence-corrected chi connectivity index (χ0v) is 19.3. The minimum absolute atomic E-state index is 0.00922. The molecule has 4 heteroatoms. The molecule has 34 heavy (non-hydrogen) atoms. The van der Waals surface area contributed by atoms with Gasteiger partial charge in [-0.1, -0.05) is 66.7 Å². The molecule has 1 spiro atoms. The average Bonchev–Trinajstić information content (AvgIpc) is 3.23. The number of anilines is 2. The largest absolute Gasteiger partial charge is 0.467 e. The number of nitrogens with one attached hydrogen (secondary N) is 1. The number of carbonyl (C=O) groups is 1. The lowest BCUT2D eigenvalue weighted by atomic mass is 9.72. The van der Waals surface area contributed by atoms with Gasteiger partial charge in [0, 0.05) is 29.3 Å². The molecule has 3 aliphatic rings. The topological polar surface area (TPSA) is 41.6 Å². The van der Waals surface area contributed by atoms with Crippen molar-refractivity contribution in [2.45, 2.75) is 43.4 Å². The summed E-state index contributed by atoms with van der Waals surface area (Å²) in [6.45, 7) is 4.51. The number of ether oxygens (including phenoxy) is 1. The first-order chi connectivity index (χ1) is 16.5. The van der Waals surface area contributed by atoms with Crippen LogP contribution in [-0.2, 0) is 10.2 Å². The molecule has 4 aromatic carbocycles. The van der Waals surface area contributed by atoms with Crippen molar-refractivity contribution in [1.29, 1.82) is 0 Å². The van der Waals surface area contributed by atoms with E-state index >= 15 is 0 Å². The molecule has 1 amide bonds. The lowest BCUT2D eigenvalue weighted by Crippen LogP contribution is -2.59. The Labute approximate surface area is 199 Å². The lowest BCUT2D eigenvalue weighted by molar-refractivity contribution is -0.117. The number of rotatable bonds is 2. The average molecular weight is 447 g/mol. The summed E-state index contributed by atoms with van der Waals surface area (Å²) in [6.07, 6.45) is 0.766. The van der Waals surface area contributed by atoms with E-state index in [2.05, 4.69) is 84.7 Å². The van der Waals surface area contributed by atoms with E-state index < -0.39 is 5.72 Å². The van der Waals surface area contributed by atoms with E-state index in [1.54, 1.807) is 0 Å². The van der Waals surface area contributed by atoms with Crippen LogP contribution in [0.3, 0.4) is 0 Å². The summed E-state index contributed by atoms with van der Waals surface area (Å²) >= 11 is 0. The fourth-order valence-electron chi connectivity index (χ4n) is 6.68. The van der Waals surface area contributed by atoms with E-state index in [4.69, 9.17) is 4.74 Å². The van der Waals surface area contributed by atoms with Gasteiger partial charge in [0.1, 0.15) is 11.8 Å². The van der Waals surface area contributed by atoms with Gasteiger partial charge in [0.25, 0.3) is 0 Å². The molecule has 0 unspecified atom stereocenters. The number of hydrogen-bond acceptors (Lipinski definition) is 3. The number of nitrogens with zero attached hydrogens (tertiary/aromatic N) is 1. The summed E-state index contributed by atoms with van der Waals surface area (Å²) in [5.41, 5.74) is 3.39. The fraction of sp³-hybridized carbons (Fsp3) is 0.233. The van der Waals surface area contributed by atoms with Gasteiger partial charge in [-0.15, -0.1) is 0 Å². The maximum atomic E-state index is 14.1.